The largest absolute Gasteiger partial charge is 0.460 e. The minimum absolute atomic E-state index is 0.198. The predicted octanol–water partition coefficient (Wildman–Crippen LogP) is 2.91. The molecule has 19 heavy (non-hydrogen) atoms. The highest BCUT2D eigenvalue weighted by Gasteiger charge is 2.19. The van der Waals surface area contributed by atoms with Crippen LogP contribution in [0.3, 0.4) is 0 Å². The number of esters is 1. The Labute approximate surface area is 116 Å². The number of hydrogen-bond acceptors (Lipinski definition) is 3. The van der Waals surface area contributed by atoms with Gasteiger partial charge in [-0.1, -0.05) is 23.8 Å². The van der Waals surface area contributed by atoms with Crippen LogP contribution in [0.25, 0.3) is 0 Å². The van der Waals surface area contributed by atoms with Gasteiger partial charge in [-0.15, -0.1) is 0 Å². The molecule has 0 radical (unpaired) electrons. The lowest BCUT2D eigenvalue weighted by molar-refractivity contribution is -0.155. The third kappa shape index (κ3) is 5.88. The summed E-state index contributed by atoms with van der Waals surface area (Å²) in [6, 6.07) is 6.09. The van der Waals surface area contributed by atoms with Gasteiger partial charge in [0.15, 0.2) is 0 Å². The second kappa shape index (κ2) is 6.20. The fraction of sp³-hybridized carbons (Fsp3) is 0.562. The number of carbonyl (C=O) groups excluding carboxylic acids is 1. The van der Waals surface area contributed by atoms with E-state index in [1.54, 1.807) is 0 Å². The fourth-order valence-corrected chi connectivity index (χ4v) is 2.03. The van der Waals surface area contributed by atoms with Crippen molar-refractivity contribution in [2.75, 3.05) is 0 Å². The van der Waals surface area contributed by atoms with Crippen LogP contribution in [-0.2, 0) is 16.0 Å². The van der Waals surface area contributed by atoms with Gasteiger partial charge in [-0.25, -0.2) is 0 Å². The maximum Gasteiger partial charge on any atom is 0.307 e. The van der Waals surface area contributed by atoms with Crippen molar-refractivity contribution < 1.29 is 9.53 Å². The van der Waals surface area contributed by atoms with Crippen LogP contribution >= 0.6 is 0 Å². The molecular formula is C16H25NO2. The quantitative estimate of drug-likeness (QED) is 0.850. The second-order valence-corrected chi connectivity index (χ2v) is 6.18. The summed E-state index contributed by atoms with van der Waals surface area (Å²) >= 11 is 0. The van der Waals surface area contributed by atoms with Crippen LogP contribution in [0.15, 0.2) is 18.2 Å². The van der Waals surface area contributed by atoms with Gasteiger partial charge in [-0.05, 0) is 52.2 Å². The average molecular weight is 263 g/mol. The van der Waals surface area contributed by atoms with Gasteiger partial charge in [0.1, 0.15) is 5.60 Å². The molecule has 0 aromatic heterocycles. The molecular weight excluding hydrogens is 238 g/mol. The molecule has 106 valence electrons. The van der Waals surface area contributed by atoms with Crippen molar-refractivity contribution >= 4 is 5.97 Å². The zero-order valence-electron chi connectivity index (χ0n) is 12.6. The van der Waals surface area contributed by atoms with Crippen molar-refractivity contribution in [3.63, 3.8) is 0 Å². The summed E-state index contributed by atoms with van der Waals surface area (Å²) in [6.07, 6.45) is 0.954. The minimum Gasteiger partial charge on any atom is -0.460 e. The molecule has 1 aromatic rings. The number of rotatable bonds is 4. The highest BCUT2D eigenvalue weighted by molar-refractivity contribution is 5.70. The summed E-state index contributed by atoms with van der Waals surface area (Å²) in [5.74, 6) is -0.232. The lowest BCUT2D eigenvalue weighted by Gasteiger charge is -2.21. The Bertz CT molecular complexity index is 447. The van der Waals surface area contributed by atoms with Gasteiger partial charge < -0.3 is 10.5 Å². The zero-order valence-corrected chi connectivity index (χ0v) is 12.6. The van der Waals surface area contributed by atoms with Crippen molar-refractivity contribution in [1.82, 2.24) is 0 Å². The third-order valence-corrected chi connectivity index (χ3v) is 2.83. The summed E-state index contributed by atoms with van der Waals surface area (Å²) in [6.45, 7) is 9.72. The highest BCUT2D eigenvalue weighted by Crippen LogP contribution is 2.14. The zero-order chi connectivity index (χ0) is 14.6. The van der Waals surface area contributed by atoms with Crippen molar-refractivity contribution in [1.29, 1.82) is 0 Å². The first-order valence-electron chi connectivity index (χ1n) is 6.71. The minimum atomic E-state index is -0.448. The molecule has 1 rings (SSSR count). The van der Waals surface area contributed by atoms with Crippen molar-refractivity contribution in [2.45, 2.75) is 59.1 Å². The second-order valence-electron chi connectivity index (χ2n) is 6.18. The molecule has 3 nitrogen and oxygen atoms in total. The lowest BCUT2D eigenvalue weighted by Crippen LogP contribution is -2.31. The van der Waals surface area contributed by atoms with Gasteiger partial charge in [0.2, 0.25) is 0 Å². The Morgan fingerprint density at radius 2 is 1.95 bits per heavy atom. The van der Waals surface area contributed by atoms with Gasteiger partial charge in [0.05, 0.1) is 6.42 Å². The standard InChI is InChI=1S/C16H25NO2/c1-11-6-7-13(12(2)8-11)9-14(17)10-15(18)19-16(3,4)5/h6-8,14H,9-10,17H2,1-5H3. The number of nitrogens with two attached hydrogens (primary N) is 1. The molecule has 1 unspecified atom stereocenters. The summed E-state index contributed by atoms with van der Waals surface area (Å²) in [7, 11) is 0. The number of benzene rings is 1. The van der Waals surface area contributed by atoms with Crippen LogP contribution in [0.5, 0.6) is 0 Å². The van der Waals surface area contributed by atoms with Crippen LogP contribution in [-0.4, -0.2) is 17.6 Å². The Morgan fingerprint density at radius 1 is 1.32 bits per heavy atom. The molecule has 1 aromatic carbocycles. The molecule has 0 amide bonds. The fourth-order valence-electron chi connectivity index (χ4n) is 2.03. The van der Waals surface area contributed by atoms with E-state index >= 15 is 0 Å². The van der Waals surface area contributed by atoms with Gasteiger partial charge in [0.25, 0.3) is 0 Å². The average Bonchev–Trinajstić information content (AvgIpc) is 2.19. The predicted molar refractivity (Wildman–Crippen MR) is 78.1 cm³/mol. The molecule has 0 aliphatic rings. The van der Waals surface area contributed by atoms with E-state index in [0.29, 0.717) is 6.42 Å². The maximum absolute atomic E-state index is 11.7. The molecule has 3 heteroatoms. The number of carbonyl (C=O) groups is 1. The Kier molecular flexibility index (Phi) is 5.12. The molecule has 2 N–H and O–H groups in total. The number of aryl methyl sites for hydroxylation is 2. The lowest BCUT2D eigenvalue weighted by atomic mass is 9.98. The van der Waals surface area contributed by atoms with Crippen LogP contribution in [0.1, 0.15) is 43.9 Å². The van der Waals surface area contributed by atoms with E-state index in [0.717, 1.165) is 0 Å². The summed E-state index contributed by atoms with van der Waals surface area (Å²) < 4.78 is 5.28. The first-order chi connectivity index (χ1) is 8.67. The van der Waals surface area contributed by atoms with Gasteiger partial charge in [0, 0.05) is 6.04 Å². The molecule has 0 spiro atoms. The Balaban J connectivity index is 2.55. The van der Waals surface area contributed by atoms with E-state index in [1.165, 1.54) is 16.7 Å². The molecule has 0 fully saturated rings. The molecule has 0 aliphatic carbocycles. The van der Waals surface area contributed by atoms with E-state index in [1.807, 2.05) is 20.8 Å². The first kappa shape index (κ1) is 15.7. The van der Waals surface area contributed by atoms with Crippen molar-refractivity contribution in [3.8, 4) is 0 Å². The smallest absolute Gasteiger partial charge is 0.307 e. The van der Waals surface area contributed by atoms with Crippen LogP contribution in [0, 0.1) is 13.8 Å². The molecule has 0 aliphatic heterocycles. The van der Waals surface area contributed by atoms with E-state index in [2.05, 4.69) is 32.0 Å². The van der Waals surface area contributed by atoms with E-state index < -0.39 is 5.60 Å². The van der Waals surface area contributed by atoms with Gasteiger partial charge in [-0.2, -0.15) is 0 Å². The third-order valence-electron chi connectivity index (χ3n) is 2.83. The Morgan fingerprint density at radius 3 is 2.47 bits per heavy atom. The number of ether oxygens (including phenoxy) is 1. The van der Waals surface area contributed by atoms with Crippen LogP contribution < -0.4 is 5.73 Å². The normalized spacial score (nSPS) is 13.2. The van der Waals surface area contributed by atoms with Crippen LogP contribution in [0.4, 0.5) is 0 Å². The van der Waals surface area contributed by atoms with E-state index in [9.17, 15) is 4.79 Å². The first-order valence-corrected chi connectivity index (χ1v) is 6.71. The maximum atomic E-state index is 11.7. The highest BCUT2D eigenvalue weighted by atomic mass is 16.6. The molecule has 0 saturated carbocycles. The summed E-state index contributed by atoms with van der Waals surface area (Å²) in [4.78, 5) is 11.7. The van der Waals surface area contributed by atoms with Crippen molar-refractivity contribution in [2.24, 2.45) is 5.73 Å². The van der Waals surface area contributed by atoms with E-state index in [4.69, 9.17) is 10.5 Å². The van der Waals surface area contributed by atoms with E-state index in [-0.39, 0.29) is 18.4 Å². The SMILES string of the molecule is Cc1ccc(CC(N)CC(=O)OC(C)(C)C)c(C)c1. The molecule has 0 bridgehead atoms. The van der Waals surface area contributed by atoms with Crippen molar-refractivity contribution in [3.05, 3.63) is 34.9 Å². The van der Waals surface area contributed by atoms with Gasteiger partial charge >= 0.3 is 5.97 Å². The topological polar surface area (TPSA) is 52.3 Å². The summed E-state index contributed by atoms with van der Waals surface area (Å²) in [5.41, 5.74) is 9.24. The molecule has 0 saturated heterocycles. The molecule has 0 heterocycles. The number of hydrogen-bond donors (Lipinski definition) is 1. The molecule has 1 atom stereocenters. The monoisotopic (exact) mass is 263 g/mol. The Hall–Kier alpha value is -1.35. The van der Waals surface area contributed by atoms with Crippen LogP contribution in [0.2, 0.25) is 0 Å². The summed E-state index contributed by atoms with van der Waals surface area (Å²) in [5, 5.41) is 0. The van der Waals surface area contributed by atoms with Gasteiger partial charge in [-0.3, -0.25) is 4.79 Å².